The van der Waals surface area contributed by atoms with Crippen molar-refractivity contribution in [2.24, 2.45) is 5.11 Å². The Morgan fingerprint density at radius 1 is 1.41 bits per heavy atom. The molecule has 2 saturated heterocycles. The van der Waals surface area contributed by atoms with Gasteiger partial charge in [0.1, 0.15) is 18.2 Å². The molecule has 2 aliphatic rings. The molecule has 0 radical (unpaired) electrons. The van der Waals surface area contributed by atoms with Gasteiger partial charge >= 0.3 is 0 Å². The third-order valence-electron chi connectivity index (χ3n) is 2.86. The Morgan fingerprint density at radius 2 is 2.12 bits per heavy atom. The summed E-state index contributed by atoms with van der Waals surface area (Å²) in [6.45, 7) is 3.63. The van der Waals surface area contributed by atoms with Crippen molar-refractivity contribution in [1.29, 1.82) is 0 Å². The van der Waals surface area contributed by atoms with Crippen molar-refractivity contribution < 1.29 is 24.4 Å². The second kappa shape index (κ2) is 4.41. The Labute approximate surface area is 97.7 Å². The lowest BCUT2D eigenvalue weighted by atomic mass is 9.96. The molecule has 0 aromatic carbocycles. The molecule has 0 bridgehead atoms. The van der Waals surface area contributed by atoms with E-state index in [0.717, 1.165) is 0 Å². The lowest BCUT2D eigenvalue weighted by Gasteiger charge is -2.47. The van der Waals surface area contributed by atoms with Crippen LogP contribution in [0.25, 0.3) is 10.4 Å². The SMILES string of the molecule is CC1(C)OC[C@H]2OC(O)[C@H](N=[N+]=[N-])[C@@H](O)[C@@H]2O1. The summed E-state index contributed by atoms with van der Waals surface area (Å²) >= 11 is 0. The van der Waals surface area contributed by atoms with Crippen molar-refractivity contribution in [3.63, 3.8) is 0 Å². The molecule has 0 amide bonds. The van der Waals surface area contributed by atoms with E-state index < -0.39 is 36.4 Å². The number of nitrogens with zero attached hydrogens (tertiary/aromatic N) is 3. The van der Waals surface area contributed by atoms with Crippen molar-refractivity contribution in [3.05, 3.63) is 10.4 Å². The first-order valence-corrected chi connectivity index (χ1v) is 5.32. The lowest BCUT2D eigenvalue weighted by molar-refractivity contribution is -0.362. The maximum Gasteiger partial charge on any atom is 0.166 e. The van der Waals surface area contributed by atoms with Gasteiger partial charge < -0.3 is 24.4 Å². The minimum Gasteiger partial charge on any atom is -0.390 e. The molecule has 17 heavy (non-hydrogen) atoms. The van der Waals surface area contributed by atoms with Gasteiger partial charge in [0, 0.05) is 4.91 Å². The molecule has 5 atom stereocenters. The monoisotopic (exact) mass is 245 g/mol. The highest BCUT2D eigenvalue weighted by atomic mass is 16.7. The van der Waals surface area contributed by atoms with Gasteiger partial charge in [0.05, 0.1) is 12.7 Å². The average Bonchev–Trinajstić information content (AvgIpc) is 2.25. The highest BCUT2D eigenvalue weighted by Gasteiger charge is 2.50. The van der Waals surface area contributed by atoms with Gasteiger partial charge in [-0.3, -0.25) is 0 Å². The van der Waals surface area contributed by atoms with Gasteiger partial charge in [-0.2, -0.15) is 0 Å². The summed E-state index contributed by atoms with van der Waals surface area (Å²) in [7, 11) is 0. The molecule has 2 heterocycles. The first kappa shape index (κ1) is 12.6. The van der Waals surface area contributed by atoms with Crippen LogP contribution in [0.4, 0.5) is 0 Å². The van der Waals surface area contributed by atoms with Crippen molar-refractivity contribution in [2.75, 3.05) is 6.61 Å². The fraction of sp³-hybridized carbons (Fsp3) is 1.00. The van der Waals surface area contributed by atoms with E-state index in [2.05, 4.69) is 10.0 Å². The molecule has 8 heteroatoms. The first-order valence-electron chi connectivity index (χ1n) is 5.32. The summed E-state index contributed by atoms with van der Waals surface area (Å²) in [5.74, 6) is -0.839. The van der Waals surface area contributed by atoms with Crippen LogP contribution in [0.15, 0.2) is 5.11 Å². The van der Waals surface area contributed by atoms with E-state index in [1.165, 1.54) is 0 Å². The predicted molar refractivity (Wildman–Crippen MR) is 54.7 cm³/mol. The van der Waals surface area contributed by atoms with Crippen LogP contribution >= 0.6 is 0 Å². The fourth-order valence-electron chi connectivity index (χ4n) is 2.03. The van der Waals surface area contributed by atoms with E-state index in [1.807, 2.05) is 0 Å². The zero-order valence-corrected chi connectivity index (χ0v) is 9.55. The quantitative estimate of drug-likeness (QED) is 0.380. The van der Waals surface area contributed by atoms with Crippen LogP contribution in [-0.4, -0.2) is 53.3 Å². The number of rotatable bonds is 1. The van der Waals surface area contributed by atoms with Crippen molar-refractivity contribution in [2.45, 2.75) is 50.3 Å². The normalized spacial score (nSPS) is 44.6. The summed E-state index contributed by atoms with van der Waals surface area (Å²) in [6, 6.07) is -1.07. The highest BCUT2D eigenvalue weighted by molar-refractivity contribution is 4.96. The minimum absolute atomic E-state index is 0.203. The van der Waals surface area contributed by atoms with E-state index in [-0.39, 0.29) is 6.61 Å². The molecule has 2 N–H and O–H groups in total. The average molecular weight is 245 g/mol. The van der Waals surface area contributed by atoms with Crippen molar-refractivity contribution >= 4 is 0 Å². The van der Waals surface area contributed by atoms with E-state index in [0.29, 0.717) is 0 Å². The van der Waals surface area contributed by atoms with Gasteiger partial charge in [-0.05, 0) is 19.4 Å². The molecule has 2 fully saturated rings. The number of fused-ring (bicyclic) bond motifs is 1. The molecule has 1 unspecified atom stereocenters. The second-order valence-corrected chi connectivity index (χ2v) is 4.54. The summed E-state index contributed by atoms with van der Waals surface area (Å²) in [6.07, 6.45) is -3.73. The number of azide groups is 1. The molecule has 2 aliphatic heterocycles. The maximum atomic E-state index is 10.0. The van der Waals surface area contributed by atoms with Gasteiger partial charge in [0.25, 0.3) is 0 Å². The molecule has 8 nitrogen and oxygen atoms in total. The molecule has 2 rings (SSSR count). The van der Waals surface area contributed by atoms with E-state index in [4.69, 9.17) is 19.7 Å². The maximum absolute atomic E-state index is 10.0. The molecule has 0 aliphatic carbocycles. The van der Waals surface area contributed by atoms with E-state index >= 15 is 0 Å². The molecular formula is C9H15N3O5. The zero-order chi connectivity index (χ0) is 12.6. The van der Waals surface area contributed by atoms with E-state index in [9.17, 15) is 10.2 Å². The zero-order valence-electron chi connectivity index (χ0n) is 9.55. The minimum atomic E-state index is -1.35. The molecular weight excluding hydrogens is 230 g/mol. The number of ether oxygens (including phenoxy) is 3. The van der Waals surface area contributed by atoms with Gasteiger partial charge in [0.15, 0.2) is 12.1 Å². The van der Waals surface area contributed by atoms with Crippen LogP contribution in [0.3, 0.4) is 0 Å². The van der Waals surface area contributed by atoms with Crippen LogP contribution in [-0.2, 0) is 14.2 Å². The number of hydrogen-bond donors (Lipinski definition) is 2. The van der Waals surface area contributed by atoms with Crippen LogP contribution in [0.1, 0.15) is 13.8 Å². The van der Waals surface area contributed by atoms with Crippen LogP contribution < -0.4 is 0 Å². The number of aliphatic hydroxyl groups excluding tert-OH is 2. The predicted octanol–water partition coefficient (Wildman–Crippen LogP) is -0.105. The van der Waals surface area contributed by atoms with Crippen LogP contribution in [0, 0.1) is 0 Å². The third-order valence-corrected chi connectivity index (χ3v) is 2.86. The fourth-order valence-corrected chi connectivity index (χ4v) is 2.03. The lowest BCUT2D eigenvalue weighted by Crippen LogP contribution is -2.63. The summed E-state index contributed by atoms with van der Waals surface area (Å²) in [5, 5.41) is 22.9. The molecule has 96 valence electrons. The Hall–Kier alpha value is -0.890. The second-order valence-electron chi connectivity index (χ2n) is 4.54. The van der Waals surface area contributed by atoms with Gasteiger partial charge in [0.2, 0.25) is 0 Å². The molecule has 0 saturated carbocycles. The first-order chi connectivity index (χ1) is 7.94. The number of hydrogen-bond acceptors (Lipinski definition) is 6. The van der Waals surface area contributed by atoms with E-state index in [1.54, 1.807) is 13.8 Å². The van der Waals surface area contributed by atoms with Crippen molar-refractivity contribution in [1.82, 2.24) is 0 Å². The Balaban J connectivity index is 2.18. The van der Waals surface area contributed by atoms with Gasteiger partial charge in [-0.1, -0.05) is 5.11 Å². The standard InChI is InChI=1S/C9H15N3O5/c1-9(2)15-3-4-7(17-9)6(13)5(11-12-10)8(14)16-4/h4-8,13-14H,3H2,1-2H3/t4-,5-,6-,7-,8?/m1/s1. The van der Waals surface area contributed by atoms with Crippen LogP contribution in [0.5, 0.6) is 0 Å². The Morgan fingerprint density at radius 3 is 2.76 bits per heavy atom. The highest BCUT2D eigenvalue weighted by Crippen LogP contribution is 2.32. The largest absolute Gasteiger partial charge is 0.390 e. The Kier molecular flexibility index (Phi) is 3.26. The third kappa shape index (κ3) is 2.37. The smallest absolute Gasteiger partial charge is 0.166 e. The van der Waals surface area contributed by atoms with Gasteiger partial charge in [-0.15, -0.1) is 0 Å². The summed E-state index contributed by atoms with van der Waals surface area (Å²) in [4.78, 5) is 2.57. The summed E-state index contributed by atoms with van der Waals surface area (Å²) in [5.41, 5.74) is 8.37. The molecule has 0 aromatic heterocycles. The summed E-state index contributed by atoms with van der Waals surface area (Å²) < 4.78 is 16.1. The van der Waals surface area contributed by atoms with Crippen LogP contribution in [0.2, 0.25) is 0 Å². The van der Waals surface area contributed by atoms with Crippen molar-refractivity contribution in [3.8, 4) is 0 Å². The Bertz CT molecular complexity index is 344. The molecule has 0 aromatic rings. The number of aliphatic hydroxyl groups is 2. The topological polar surface area (TPSA) is 117 Å². The van der Waals surface area contributed by atoms with Gasteiger partial charge in [-0.25, -0.2) is 0 Å². The molecule has 0 spiro atoms.